The van der Waals surface area contributed by atoms with E-state index >= 15 is 0 Å². The molecule has 2 heterocycles. The number of hydrogen-bond donors (Lipinski definition) is 2. The molecular formula is C21H26N6O2. The fourth-order valence-electron chi connectivity index (χ4n) is 2.63. The highest BCUT2D eigenvalue weighted by atomic mass is 16.5. The second-order valence-corrected chi connectivity index (χ2v) is 6.26. The minimum atomic E-state index is 0.542. The van der Waals surface area contributed by atoms with Gasteiger partial charge in [-0.1, -0.05) is 6.07 Å². The molecule has 0 spiro atoms. The number of nitrogens with zero attached hydrogens (tertiary/aromatic N) is 4. The molecule has 0 unspecified atom stereocenters. The Morgan fingerprint density at radius 3 is 2.59 bits per heavy atom. The van der Waals surface area contributed by atoms with Gasteiger partial charge in [-0.05, 0) is 42.3 Å². The number of hydrogen-bond acceptors (Lipinski definition) is 5. The molecule has 0 fully saturated rings. The van der Waals surface area contributed by atoms with Crippen LogP contribution in [-0.2, 0) is 13.1 Å². The van der Waals surface area contributed by atoms with E-state index < -0.39 is 0 Å². The van der Waals surface area contributed by atoms with E-state index in [1.165, 1.54) is 0 Å². The van der Waals surface area contributed by atoms with Crippen molar-refractivity contribution < 1.29 is 9.47 Å². The van der Waals surface area contributed by atoms with E-state index in [9.17, 15) is 0 Å². The minimum Gasteiger partial charge on any atom is -0.497 e. The lowest BCUT2D eigenvalue weighted by Crippen LogP contribution is -2.37. The normalized spacial score (nSPS) is 11.2. The van der Waals surface area contributed by atoms with Gasteiger partial charge in [0.1, 0.15) is 11.5 Å². The maximum absolute atomic E-state index is 5.75. The van der Waals surface area contributed by atoms with Crippen LogP contribution in [0.2, 0.25) is 0 Å². The molecule has 1 aromatic carbocycles. The Morgan fingerprint density at radius 1 is 1.10 bits per heavy atom. The highest BCUT2D eigenvalue weighted by Crippen LogP contribution is 2.22. The predicted molar refractivity (Wildman–Crippen MR) is 112 cm³/mol. The van der Waals surface area contributed by atoms with Gasteiger partial charge in [0.05, 0.1) is 7.11 Å². The van der Waals surface area contributed by atoms with Gasteiger partial charge in [-0.25, -0.2) is 4.98 Å². The topological polar surface area (TPSA) is 85.6 Å². The van der Waals surface area contributed by atoms with E-state index in [1.807, 2.05) is 53.3 Å². The largest absolute Gasteiger partial charge is 0.497 e. The summed E-state index contributed by atoms with van der Waals surface area (Å²) in [6.45, 7) is 2.30. The number of guanidine groups is 1. The molecule has 0 aliphatic heterocycles. The zero-order valence-corrected chi connectivity index (χ0v) is 16.7. The Hall–Kier alpha value is -3.55. The highest BCUT2D eigenvalue weighted by molar-refractivity contribution is 5.79. The van der Waals surface area contributed by atoms with Gasteiger partial charge in [-0.3, -0.25) is 9.67 Å². The Labute approximate surface area is 170 Å². The predicted octanol–water partition coefficient (Wildman–Crippen LogP) is 2.83. The van der Waals surface area contributed by atoms with E-state index in [0.29, 0.717) is 18.2 Å². The number of aryl methyl sites for hydroxylation is 1. The van der Waals surface area contributed by atoms with Crippen molar-refractivity contribution in [2.45, 2.75) is 19.5 Å². The molecule has 0 atom stereocenters. The summed E-state index contributed by atoms with van der Waals surface area (Å²) < 4.78 is 12.8. The molecule has 0 saturated heterocycles. The highest BCUT2D eigenvalue weighted by Gasteiger charge is 2.02. The molecule has 0 bridgehead atoms. The number of ether oxygens (including phenoxy) is 2. The van der Waals surface area contributed by atoms with Gasteiger partial charge >= 0.3 is 0 Å². The van der Waals surface area contributed by atoms with Crippen molar-refractivity contribution in [1.29, 1.82) is 0 Å². The molecular weight excluding hydrogens is 368 g/mol. The van der Waals surface area contributed by atoms with Crippen LogP contribution in [0.4, 0.5) is 0 Å². The Kier molecular flexibility index (Phi) is 7.45. The summed E-state index contributed by atoms with van der Waals surface area (Å²) in [5.41, 5.74) is 1.03. The van der Waals surface area contributed by atoms with Crippen molar-refractivity contribution in [2.24, 2.45) is 4.99 Å². The molecule has 0 amide bonds. The van der Waals surface area contributed by atoms with Crippen LogP contribution in [0.1, 0.15) is 12.0 Å². The number of rotatable bonds is 9. The van der Waals surface area contributed by atoms with E-state index in [-0.39, 0.29) is 0 Å². The summed E-state index contributed by atoms with van der Waals surface area (Å²) in [6, 6.07) is 13.1. The van der Waals surface area contributed by atoms with Crippen molar-refractivity contribution in [3.05, 3.63) is 66.6 Å². The number of pyridine rings is 1. The van der Waals surface area contributed by atoms with Crippen molar-refractivity contribution in [2.75, 3.05) is 20.7 Å². The van der Waals surface area contributed by atoms with Crippen molar-refractivity contribution in [1.82, 2.24) is 25.4 Å². The van der Waals surface area contributed by atoms with Crippen LogP contribution in [0.5, 0.6) is 17.4 Å². The first-order valence-corrected chi connectivity index (χ1v) is 9.45. The van der Waals surface area contributed by atoms with Crippen LogP contribution in [0.3, 0.4) is 0 Å². The third kappa shape index (κ3) is 6.53. The van der Waals surface area contributed by atoms with Crippen molar-refractivity contribution in [3.8, 4) is 17.4 Å². The smallest absolute Gasteiger partial charge is 0.219 e. The van der Waals surface area contributed by atoms with Crippen LogP contribution >= 0.6 is 0 Å². The van der Waals surface area contributed by atoms with Crippen LogP contribution in [0.15, 0.2) is 66.0 Å². The number of methoxy groups -OCH3 is 1. The van der Waals surface area contributed by atoms with Crippen LogP contribution in [0, 0.1) is 0 Å². The summed E-state index contributed by atoms with van der Waals surface area (Å²) in [5.74, 6) is 2.79. The lowest BCUT2D eigenvalue weighted by Gasteiger charge is -2.12. The second kappa shape index (κ2) is 10.7. The van der Waals surface area contributed by atoms with Gasteiger partial charge in [0.25, 0.3) is 0 Å². The molecule has 0 saturated carbocycles. The first kappa shape index (κ1) is 20.2. The zero-order chi connectivity index (χ0) is 20.3. The van der Waals surface area contributed by atoms with E-state index in [1.54, 1.807) is 26.6 Å². The van der Waals surface area contributed by atoms with E-state index in [0.717, 1.165) is 36.8 Å². The number of benzene rings is 1. The molecule has 8 heteroatoms. The van der Waals surface area contributed by atoms with E-state index in [4.69, 9.17) is 9.47 Å². The fourth-order valence-corrected chi connectivity index (χ4v) is 2.63. The van der Waals surface area contributed by atoms with Gasteiger partial charge in [0.15, 0.2) is 5.96 Å². The van der Waals surface area contributed by atoms with Gasteiger partial charge in [0, 0.05) is 51.3 Å². The molecule has 2 N–H and O–H groups in total. The zero-order valence-electron chi connectivity index (χ0n) is 16.7. The second-order valence-electron chi connectivity index (χ2n) is 6.26. The fraction of sp³-hybridized carbons (Fsp3) is 0.286. The molecule has 0 aliphatic carbocycles. The van der Waals surface area contributed by atoms with Crippen molar-refractivity contribution in [3.63, 3.8) is 0 Å². The average molecular weight is 394 g/mol. The lowest BCUT2D eigenvalue weighted by molar-refractivity contribution is 0.412. The molecule has 0 radical (unpaired) electrons. The molecule has 29 heavy (non-hydrogen) atoms. The SMILES string of the molecule is CN=C(NCCCn1cccn1)NCc1ccc(Oc2ccc(OC)cc2)nc1. The summed E-state index contributed by atoms with van der Waals surface area (Å²) in [7, 11) is 3.39. The minimum absolute atomic E-state index is 0.542. The molecule has 152 valence electrons. The third-order valence-electron chi connectivity index (χ3n) is 4.18. The summed E-state index contributed by atoms with van der Waals surface area (Å²) in [5, 5.41) is 10.8. The van der Waals surface area contributed by atoms with Crippen LogP contribution < -0.4 is 20.1 Å². The lowest BCUT2D eigenvalue weighted by atomic mass is 10.3. The van der Waals surface area contributed by atoms with Crippen LogP contribution in [0.25, 0.3) is 0 Å². The molecule has 2 aromatic heterocycles. The number of aliphatic imine (C=N–C) groups is 1. The van der Waals surface area contributed by atoms with Gasteiger partial charge < -0.3 is 20.1 Å². The van der Waals surface area contributed by atoms with Gasteiger partial charge in [0.2, 0.25) is 5.88 Å². The number of nitrogens with one attached hydrogen (secondary N) is 2. The quantitative estimate of drug-likeness (QED) is 0.330. The molecule has 0 aliphatic rings. The standard InChI is InChI=1S/C21H26N6O2/c1-22-21(23-11-3-13-27-14-4-12-26-27)25-16-17-5-10-20(24-15-17)29-19-8-6-18(28-2)7-9-19/h4-10,12,14-15H,3,11,13,16H2,1-2H3,(H2,22,23,25). The summed E-state index contributed by atoms with van der Waals surface area (Å²) in [4.78, 5) is 8.60. The molecule has 3 aromatic rings. The first-order chi connectivity index (χ1) is 14.3. The maximum atomic E-state index is 5.75. The van der Waals surface area contributed by atoms with Gasteiger partial charge in [-0.15, -0.1) is 0 Å². The first-order valence-electron chi connectivity index (χ1n) is 9.45. The third-order valence-corrected chi connectivity index (χ3v) is 4.18. The van der Waals surface area contributed by atoms with E-state index in [2.05, 4.69) is 25.7 Å². The Bertz CT molecular complexity index is 877. The van der Waals surface area contributed by atoms with Crippen LogP contribution in [-0.4, -0.2) is 41.4 Å². The molecule has 3 rings (SSSR count). The average Bonchev–Trinajstić information content (AvgIpc) is 3.28. The number of aromatic nitrogens is 3. The Morgan fingerprint density at radius 2 is 1.93 bits per heavy atom. The summed E-state index contributed by atoms with van der Waals surface area (Å²) in [6.07, 6.45) is 6.50. The summed E-state index contributed by atoms with van der Waals surface area (Å²) >= 11 is 0. The molecule has 8 nitrogen and oxygen atoms in total. The maximum Gasteiger partial charge on any atom is 0.219 e. The monoisotopic (exact) mass is 394 g/mol. The van der Waals surface area contributed by atoms with Crippen molar-refractivity contribution >= 4 is 5.96 Å². The van der Waals surface area contributed by atoms with Gasteiger partial charge in [-0.2, -0.15) is 5.10 Å². The Balaban J connectivity index is 1.41.